The number of amides is 2. The van der Waals surface area contributed by atoms with Crippen molar-refractivity contribution in [2.24, 2.45) is 5.73 Å². The summed E-state index contributed by atoms with van der Waals surface area (Å²) >= 11 is 0. The van der Waals surface area contributed by atoms with Crippen molar-refractivity contribution in [1.82, 2.24) is 10.2 Å². The standard InChI is InChI=1S/C16H23N3O2/c1-2-8-18-15(20)12-5-3-6-13(10-12)16(21)19-9-4-7-14(19)11-17/h3,5-6,10,14H,2,4,7-9,11,17H2,1H3,(H,18,20). The number of nitrogens with one attached hydrogen (secondary N) is 1. The highest BCUT2D eigenvalue weighted by atomic mass is 16.2. The molecule has 1 unspecified atom stereocenters. The summed E-state index contributed by atoms with van der Waals surface area (Å²) in [5, 5.41) is 2.82. The van der Waals surface area contributed by atoms with Gasteiger partial charge in [0.15, 0.2) is 0 Å². The van der Waals surface area contributed by atoms with Crippen LogP contribution in [0.3, 0.4) is 0 Å². The molecule has 1 aliphatic rings. The molecule has 2 rings (SSSR count). The van der Waals surface area contributed by atoms with Crippen molar-refractivity contribution in [2.75, 3.05) is 19.6 Å². The van der Waals surface area contributed by atoms with Crippen molar-refractivity contribution in [3.05, 3.63) is 35.4 Å². The lowest BCUT2D eigenvalue weighted by molar-refractivity contribution is 0.0741. The van der Waals surface area contributed by atoms with E-state index in [2.05, 4.69) is 5.32 Å². The monoisotopic (exact) mass is 289 g/mol. The topological polar surface area (TPSA) is 75.4 Å². The van der Waals surface area contributed by atoms with Gasteiger partial charge in [0.05, 0.1) is 0 Å². The molecule has 0 spiro atoms. The molecular formula is C16H23N3O2. The van der Waals surface area contributed by atoms with Gasteiger partial charge >= 0.3 is 0 Å². The molecule has 0 saturated carbocycles. The van der Waals surface area contributed by atoms with Crippen LogP contribution in [0.4, 0.5) is 0 Å². The number of hydrogen-bond acceptors (Lipinski definition) is 3. The molecule has 2 amide bonds. The third-order valence-electron chi connectivity index (χ3n) is 3.82. The van der Waals surface area contributed by atoms with Crippen molar-refractivity contribution in [3.63, 3.8) is 0 Å². The predicted octanol–water partition coefficient (Wildman–Crippen LogP) is 1.39. The molecule has 0 bridgehead atoms. The molecule has 5 nitrogen and oxygen atoms in total. The van der Waals surface area contributed by atoms with Gasteiger partial charge in [0.2, 0.25) is 0 Å². The quantitative estimate of drug-likeness (QED) is 0.860. The molecule has 1 aromatic carbocycles. The highest BCUT2D eigenvalue weighted by molar-refractivity contribution is 5.99. The van der Waals surface area contributed by atoms with Crippen LogP contribution in [0.15, 0.2) is 24.3 Å². The molecule has 3 N–H and O–H groups in total. The van der Waals surface area contributed by atoms with E-state index in [1.807, 2.05) is 11.8 Å². The van der Waals surface area contributed by atoms with Crippen LogP contribution in [0.25, 0.3) is 0 Å². The molecule has 1 saturated heterocycles. The van der Waals surface area contributed by atoms with Gasteiger partial charge in [-0.15, -0.1) is 0 Å². The largest absolute Gasteiger partial charge is 0.352 e. The predicted molar refractivity (Wildman–Crippen MR) is 82.2 cm³/mol. The summed E-state index contributed by atoms with van der Waals surface area (Å²) < 4.78 is 0. The van der Waals surface area contributed by atoms with E-state index in [0.29, 0.717) is 24.2 Å². The Morgan fingerprint density at radius 2 is 2.14 bits per heavy atom. The zero-order valence-corrected chi connectivity index (χ0v) is 12.5. The van der Waals surface area contributed by atoms with Crippen LogP contribution in [0, 0.1) is 0 Å². The van der Waals surface area contributed by atoms with Gasteiger partial charge in [-0.05, 0) is 37.5 Å². The summed E-state index contributed by atoms with van der Waals surface area (Å²) in [6.07, 6.45) is 2.83. The number of nitrogens with two attached hydrogens (primary N) is 1. The highest BCUT2D eigenvalue weighted by Crippen LogP contribution is 2.19. The molecule has 114 valence electrons. The van der Waals surface area contributed by atoms with Crippen molar-refractivity contribution >= 4 is 11.8 Å². The number of carbonyl (C=O) groups is 2. The molecule has 0 aliphatic carbocycles. The summed E-state index contributed by atoms with van der Waals surface area (Å²) in [6.45, 7) is 3.87. The van der Waals surface area contributed by atoms with Crippen LogP contribution in [0.2, 0.25) is 0 Å². The number of rotatable bonds is 5. The molecule has 1 aromatic rings. The average Bonchev–Trinajstić information content (AvgIpc) is 3.00. The molecule has 5 heteroatoms. The Morgan fingerprint density at radius 3 is 2.86 bits per heavy atom. The van der Waals surface area contributed by atoms with Gasteiger partial charge in [0, 0.05) is 36.8 Å². The highest BCUT2D eigenvalue weighted by Gasteiger charge is 2.28. The molecule has 1 heterocycles. The third-order valence-corrected chi connectivity index (χ3v) is 3.82. The van der Waals surface area contributed by atoms with E-state index in [0.717, 1.165) is 25.8 Å². The molecule has 1 atom stereocenters. The summed E-state index contributed by atoms with van der Waals surface area (Å²) in [6, 6.07) is 7.02. The molecular weight excluding hydrogens is 266 g/mol. The van der Waals surface area contributed by atoms with Crippen molar-refractivity contribution in [2.45, 2.75) is 32.2 Å². The summed E-state index contributed by atoms with van der Waals surface area (Å²) in [5.74, 6) is -0.170. The van der Waals surface area contributed by atoms with Gasteiger partial charge in [0.25, 0.3) is 11.8 Å². The van der Waals surface area contributed by atoms with Crippen LogP contribution in [-0.4, -0.2) is 42.4 Å². The van der Waals surface area contributed by atoms with E-state index in [9.17, 15) is 9.59 Å². The lowest BCUT2D eigenvalue weighted by atomic mass is 10.1. The van der Waals surface area contributed by atoms with Crippen LogP contribution >= 0.6 is 0 Å². The van der Waals surface area contributed by atoms with Gasteiger partial charge < -0.3 is 16.0 Å². The van der Waals surface area contributed by atoms with Crippen LogP contribution < -0.4 is 11.1 Å². The van der Waals surface area contributed by atoms with E-state index in [1.165, 1.54) is 0 Å². The Bertz CT molecular complexity index is 516. The number of benzene rings is 1. The second-order valence-electron chi connectivity index (χ2n) is 5.37. The van der Waals surface area contributed by atoms with E-state index >= 15 is 0 Å². The zero-order valence-electron chi connectivity index (χ0n) is 12.5. The maximum absolute atomic E-state index is 12.5. The second kappa shape index (κ2) is 7.22. The number of hydrogen-bond donors (Lipinski definition) is 2. The maximum atomic E-state index is 12.5. The maximum Gasteiger partial charge on any atom is 0.254 e. The van der Waals surface area contributed by atoms with E-state index in [4.69, 9.17) is 5.73 Å². The molecule has 0 radical (unpaired) electrons. The minimum Gasteiger partial charge on any atom is -0.352 e. The Morgan fingerprint density at radius 1 is 1.38 bits per heavy atom. The first-order chi connectivity index (χ1) is 10.2. The molecule has 0 aromatic heterocycles. The number of carbonyl (C=O) groups excluding carboxylic acids is 2. The average molecular weight is 289 g/mol. The molecule has 1 fully saturated rings. The summed E-state index contributed by atoms with van der Waals surface area (Å²) in [7, 11) is 0. The fourth-order valence-corrected chi connectivity index (χ4v) is 2.65. The van der Waals surface area contributed by atoms with Gasteiger partial charge in [0.1, 0.15) is 0 Å². The lowest BCUT2D eigenvalue weighted by Crippen LogP contribution is -2.40. The first-order valence-electron chi connectivity index (χ1n) is 7.56. The fourth-order valence-electron chi connectivity index (χ4n) is 2.65. The first kappa shape index (κ1) is 15.5. The third kappa shape index (κ3) is 3.61. The van der Waals surface area contributed by atoms with E-state index in [1.54, 1.807) is 24.3 Å². The minimum absolute atomic E-state index is 0.0342. The smallest absolute Gasteiger partial charge is 0.254 e. The first-order valence-corrected chi connectivity index (χ1v) is 7.56. The van der Waals surface area contributed by atoms with E-state index < -0.39 is 0 Å². The Kier molecular flexibility index (Phi) is 5.33. The minimum atomic E-state index is -0.136. The number of nitrogens with zero attached hydrogens (tertiary/aromatic N) is 1. The van der Waals surface area contributed by atoms with Crippen LogP contribution in [0.1, 0.15) is 46.9 Å². The van der Waals surface area contributed by atoms with Crippen molar-refractivity contribution in [3.8, 4) is 0 Å². The van der Waals surface area contributed by atoms with E-state index in [-0.39, 0.29) is 17.9 Å². The van der Waals surface area contributed by atoms with Crippen LogP contribution in [0.5, 0.6) is 0 Å². The number of likely N-dealkylation sites (tertiary alicyclic amines) is 1. The molecule has 21 heavy (non-hydrogen) atoms. The summed E-state index contributed by atoms with van der Waals surface area (Å²) in [4.78, 5) is 26.3. The fraction of sp³-hybridized carbons (Fsp3) is 0.500. The summed E-state index contributed by atoms with van der Waals surface area (Å²) in [5.41, 5.74) is 6.80. The normalized spacial score (nSPS) is 17.8. The second-order valence-corrected chi connectivity index (χ2v) is 5.37. The van der Waals surface area contributed by atoms with Crippen molar-refractivity contribution < 1.29 is 9.59 Å². The Hall–Kier alpha value is -1.88. The van der Waals surface area contributed by atoms with Gasteiger partial charge in [-0.3, -0.25) is 9.59 Å². The molecule has 1 aliphatic heterocycles. The van der Waals surface area contributed by atoms with Gasteiger partial charge in [-0.2, -0.15) is 0 Å². The van der Waals surface area contributed by atoms with Gasteiger partial charge in [-0.1, -0.05) is 13.0 Å². The Balaban J connectivity index is 2.13. The Labute approximate surface area is 125 Å². The SMILES string of the molecule is CCCNC(=O)c1cccc(C(=O)N2CCCC2CN)c1. The lowest BCUT2D eigenvalue weighted by Gasteiger charge is -2.23. The van der Waals surface area contributed by atoms with Gasteiger partial charge in [-0.25, -0.2) is 0 Å². The zero-order chi connectivity index (χ0) is 15.2. The van der Waals surface area contributed by atoms with Crippen LogP contribution in [-0.2, 0) is 0 Å². The van der Waals surface area contributed by atoms with Crippen molar-refractivity contribution in [1.29, 1.82) is 0 Å².